The molecule has 4 unspecified atom stereocenters. The fourth-order valence-corrected chi connectivity index (χ4v) is 3.69. The van der Waals surface area contributed by atoms with E-state index < -0.39 is 5.97 Å². The zero-order valence-electron chi connectivity index (χ0n) is 12.2. The summed E-state index contributed by atoms with van der Waals surface area (Å²) in [7, 11) is 0. The highest BCUT2D eigenvalue weighted by Gasteiger charge is 2.38. The molecule has 0 aromatic heterocycles. The van der Waals surface area contributed by atoms with Gasteiger partial charge in [-0.2, -0.15) is 0 Å². The van der Waals surface area contributed by atoms with Gasteiger partial charge in [-0.25, -0.2) is 0 Å². The molecule has 1 saturated heterocycles. The van der Waals surface area contributed by atoms with Gasteiger partial charge >= 0.3 is 5.97 Å². The van der Waals surface area contributed by atoms with Crippen molar-refractivity contribution >= 4 is 5.97 Å². The fraction of sp³-hybridized carbons (Fsp3) is 0.933. The van der Waals surface area contributed by atoms with E-state index in [1.165, 1.54) is 25.7 Å². The van der Waals surface area contributed by atoms with Crippen LogP contribution in [0.25, 0.3) is 0 Å². The van der Waals surface area contributed by atoms with Crippen LogP contribution in [0.1, 0.15) is 39.5 Å². The van der Waals surface area contributed by atoms with E-state index in [4.69, 9.17) is 4.74 Å². The van der Waals surface area contributed by atoms with Crippen molar-refractivity contribution in [1.82, 2.24) is 4.90 Å². The van der Waals surface area contributed by atoms with E-state index in [-0.39, 0.29) is 12.0 Å². The second-order valence-electron chi connectivity index (χ2n) is 6.27. The first-order valence-electron chi connectivity index (χ1n) is 7.66. The van der Waals surface area contributed by atoms with E-state index in [0.29, 0.717) is 13.2 Å². The SMILES string of the molecule is CCN(CC1CCCC(C)C1)C1COCC1C(=O)O. The lowest BCUT2D eigenvalue weighted by molar-refractivity contribution is -0.143. The number of carbonyl (C=O) groups is 1. The Labute approximate surface area is 116 Å². The van der Waals surface area contributed by atoms with Gasteiger partial charge in [0.25, 0.3) is 0 Å². The second kappa shape index (κ2) is 6.71. The Balaban J connectivity index is 1.93. The molecular weight excluding hydrogens is 242 g/mol. The molecule has 1 N–H and O–H groups in total. The van der Waals surface area contributed by atoms with Gasteiger partial charge in [0.2, 0.25) is 0 Å². The number of carboxylic acids is 1. The highest BCUT2D eigenvalue weighted by Crippen LogP contribution is 2.30. The monoisotopic (exact) mass is 269 g/mol. The van der Waals surface area contributed by atoms with Crippen molar-refractivity contribution in [3.05, 3.63) is 0 Å². The number of rotatable bonds is 5. The Morgan fingerprint density at radius 3 is 2.79 bits per heavy atom. The molecule has 1 aliphatic heterocycles. The van der Waals surface area contributed by atoms with Crippen molar-refractivity contribution in [3.63, 3.8) is 0 Å². The summed E-state index contributed by atoms with van der Waals surface area (Å²) in [6.07, 6.45) is 5.27. The molecule has 0 bridgehead atoms. The van der Waals surface area contributed by atoms with Crippen LogP contribution in [0.4, 0.5) is 0 Å². The minimum Gasteiger partial charge on any atom is -0.481 e. The number of aliphatic carboxylic acids is 1. The average molecular weight is 269 g/mol. The first-order chi connectivity index (χ1) is 9.11. The van der Waals surface area contributed by atoms with Crippen LogP contribution >= 0.6 is 0 Å². The Hall–Kier alpha value is -0.610. The maximum absolute atomic E-state index is 11.3. The summed E-state index contributed by atoms with van der Waals surface area (Å²) in [4.78, 5) is 13.6. The predicted molar refractivity (Wildman–Crippen MR) is 74.1 cm³/mol. The molecule has 0 radical (unpaired) electrons. The standard InChI is InChI=1S/C15H27NO3/c1-3-16(8-12-6-4-5-11(2)7-12)14-10-19-9-13(14)15(17)18/h11-14H,3-10H2,1-2H3,(H,17,18). The highest BCUT2D eigenvalue weighted by atomic mass is 16.5. The summed E-state index contributed by atoms with van der Waals surface area (Å²) in [6.45, 7) is 7.37. The minimum atomic E-state index is -0.710. The van der Waals surface area contributed by atoms with E-state index in [1.807, 2.05) is 0 Å². The van der Waals surface area contributed by atoms with E-state index in [2.05, 4.69) is 18.7 Å². The lowest BCUT2D eigenvalue weighted by Crippen LogP contribution is -2.45. The second-order valence-corrected chi connectivity index (χ2v) is 6.27. The molecule has 0 aromatic carbocycles. The minimum absolute atomic E-state index is 0.0692. The van der Waals surface area contributed by atoms with Crippen molar-refractivity contribution in [2.24, 2.45) is 17.8 Å². The fourth-order valence-electron chi connectivity index (χ4n) is 3.69. The van der Waals surface area contributed by atoms with Crippen molar-refractivity contribution in [1.29, 1.82) is 0 Å². The smallest absolute Gasteiger partial charge is 0.310 e. The molecule has 1 saturated carbocycles. The van der Waals surface area contributed by atoms with Gasteiger partial charge in [0.05, 0.1) is 19.1 Å². The lowest BCUT2D eigenvalue weighted by Gasteiger charge is -2.35. The zero-order valence-corrected chi connectivity index (χ0v) is 12.2. The molecule has 110 valence electrons. The van der Waals surface area contributed by atoms with Gasteiger partial charge in [-0.3, -0.25) is 9.69 Å². The molecule has 4 atom stereocenters. The molecular formula is C15H27NO3. The van der Waals surface area contributed by atoms with Gasteiger partial charge in [0.15, 0.2) is 0 Å². The summed E-state index contributed by atoms with van der Waals surface area (Å²) in [5.74, 6) is 0.505. The largest absolute Gasteiger partial charge is 0.481 e. The number of likely N-dealkylation sites (N-methyl/N-ethyl adjacent to an activating group) is 1. The van der Waals surface area contributed by atoms with Gasteiger partial charge in [0, 0.05) is 12.6 Å². The van der Waals surface area contributed by atoms with Crippen molar-refractivity contribution in [2.45, 2.75) is 45.6 Å². The Morgan fingerprint density at radius 1 is 1.37 bits per heavy atom. The summed E-state index contributed by atoms with van der Waals surface area (Å²) >= 11 is 0. The Kier molecular flexibility index (Phi) is 5.22. The molecule has 4 heteroatoms. The van der Waals surface area contributed by atoms with Gasteiger partial charge in [-0.15, -0.1) is 0 Å². The number of hydrogen-bond donors (Lipinski definition) is 1. The number of hydrogen-bond acceptors (Lipinski definition) is 3. The lowest BCUT2D eigenvalue weighted by atomic mass is 9.82. The van der Waals surface area contributed by atoms with E-state index in [9.17, 15) is 9.90 Å². The average Bonchev–Trinajstić information content (AvgIpc) is 2.85. The van der Waals surface area contributed by atoms with E-state index in [0.717, 1.165) is 24.9 Å². The van der Waals surface area contributed by atoms with Crippen LogP contribution in [-0.4, -0.2) is 48.3 Å². The van der Waals surface area contributed by atoms with Crippen LogP contribution < -0.4 is 0 Å². The quantitative estimate of drug-likeness (QED) is 0.831. The van der Waals surface area contributed by atoms with Crippen LogP contribution in [0.5, 0.6) is 0 Å². The van der Waals surface area contributed by atoms with Gasteiger partial charge < -0.3 is 9.84 Å². The van der Waals surface area contributed by atoms with Crippen LogP contribution in [0.2, 0.25) is 0 Å². The van der Waals surface area contributed by atoms with Crippen molar-refractivity contribution in [3.8, 4) is 0 Å². The molecule has 2 aliphatic rings. The Bertz CT molecular complexity index is 308. The molecule has 2 fully saturated rings. The van der Waals surface area contributed by atoms with Crippen LogP contribution in [0, 0.1) is 17.8 Å². The molecule has 2 rings (SSSR count). The number of ether oxygens (including phenoxy) is 1. The molecule has 19 heavy (non-hydrogen) atoms. The third kappa shape index (κ3) is 3.69. The van der Waals surface area contributed by atoms with E-state index >= 15 is 0 Å². The molecule has 0 amide bonds. The van der Waals surface area contributed by atoms with Gasteiger partial charge in [0.1, 0.15) is 0 Å². The first-order valence-corrected chi connectivity index (χ1v) is 7.66. The van der Waals surface area contributed by atoms with Crippen LogP contribution in [0.15, 0.2) is 0 Å². The van der Waals surface area contributed by atoms with E-state index in [1.54, 1.807) is 0 Å². The molecule has 4 nitrogen and oxygen atoms in total. The molecule has 0 aromatic rings. The molecule has 0 spiro atoms. The van der Waals surface area contributed by atoms with Crippen LogP contribution in [0.3, 0.4) is 0 Å². The summed E-state index contributed by atoms with van der Waals surface area (Å²) in [6, 6.07) is 0.0692. The topological polar surface area (TPSA) is 49.8 Å². The Morgan fingerprint density at radius 2 is 2.16 bits per heavy atom. The van der Waals surface area contributed by atoms with Gasteiger partial charge in [-0.05, 0) is 31.2 Å². The maximum Gasteiger partial charge on any atom is 0.310 e. The van der Waals surface area contributed by atoms with Crippen molar-refractivity contribution in [2.75, 3.05) is 26.3 Å². The highest BCUT2D eigenvalue weighted by molar-refractivity contribution is 5.71. The zero-order chi connectivity index (χ0) is 13.8. The first kappa shape index (κ1) is 14.8. The normalized spacial score (nSPS) is 35.7. The maximum atomic E-state index is 11.3. The number of carboxylic acid groups (broad SMARTS) is 1. The van der Waals surface area contributed by atoms with Crippen molar-refractivity contribution < 1.29 is 14.6 Å². The van der Waals surface area contributed by atoms with Gasteiger partial charge in [-0.1, -0.05) is 26.7 Å². The predicted octanol–water partition coefficient (Wildman–Crippen LogP) is 2.23. The molecule has 1 heterocycles. The number of nitrogens with zero attached hydrogens (tertiary/aromatic N) is 1. The summed E-state index contributed by atoms with van der Waals surface area (Å²) in [5.41, 5.74) is 0. The van der Waals surface area contributed by atoms with Crippen LogP contribution in [-0.2, 0) is 9.53 Å². The molecule has 1 aliphatic carbocycles. The summed E-state index contributed by atoms with van der Waals surface area (Å²) < 4.78 is 5.40. The summed E-state index contributed by atoms with van der Waals surface area (Å²) in [5, 5.41) is 9.27. The third-order valence-electron chi connectivity index (χ3n) is 4.78. The third-order valence-corrected chi connectivity index (χ3v) is 4.78.